The fraction of sp³-hybridized carbons (Fsp3) is 0.250. The van der Waals surface area contributed by atoms with Gasteiger partial charge in [-0.2, -0.15) is 4.99 Å². The Balaban J connectivity index is 1.87. The maximum atomic E-state index is 12.3. The van der Waals surface area contributed by atoms with E-state index in [2.05, 4.69) is 4.99 Å². The highest BCUT2D eigenvalue weighted by Gasteiger charge is 2.16. The molecule has 3 aromatic rings. The zero-order valence-electron chi connectivity index (χ0n) is 16.0. The van der Waals surface area contributed by atoms with Gasteiger partial charge in [0.15, 0.2) is 14.6 Å². The van der Waals surface area contributed by atoms with Crippen LogP contribution in [-0.4, -0.2) is 37.7 Å². The Morgan fingerprint density at radius 2 is 1.86 bits per heavy atom. The van der Waals surface area contributed by atoms with E-state index < -0.39 is 21.7 Å². The Morgan fingerprint density at radius 1 is 1.14 bits per heavy atom. The molecule has 1 aromatic heterocycles. The number of sulfone groups is 1. The highest BCUT2D eigenvalue weighted by atomic mass is 32.2. The molecule has 1 heterocycles. The Hall–Kier alpha value is -2.78. The van der Waals surface area contributed by atoms with Crippen molar-refractivity contribution in [2.24, 2.45) is 4.99 Å². The maximum Gasteiger partial charge on any atom is 0.337 e. The third-order valence-corrected chi connectivity index (χ3v) is 7.10. The summed E-state index contributed by atoms with van der Waals surface area (Å²) in [6, 6.07) is 13.2. The molecule has 3 rings (SSSR count). The van der Waals surface area contributed by atoms with Crippen molar-refractivity contribution in [1.82, 2.24) is 4.57 Å². The predicted octanol–water partition coefficient (Wildman–Crippen LogP) is 2.80. The van der Waals surface area contributed by atoms with Crippen molar-refractivity contribution in [3.8, 4) is 0 Å². The Kier molecular flexibility index (Phi) is 6.29. The van der Waals surface area contributed by atoms with Gasteiger partial charge in [-0.15, -0.1) is 0 Å². The highest BCUT2D eigenvalue weighted by Crippen LogP contribution is 2.20. The monoisotopic (exact) mass is 432 g/mol. The minimum atomic E-state index is -3.54. The number of benzene rings is 2. The molecule has 0 radical (unpaired) electrons. The number of ether oxygens (including phenoxy) is 1. The SMILES string of the molecule is CCn1c(=NC(=O)CCS(=O)(=O)c2ccccc2)sc2cc(C(=O)OC)ccc21. The number of fused-ring (bicyclic) bond motifs is 1. The van der Waals surface area contributed by atoms with Crippen molar-refractivity contribution in [3.63, 3.8) is 0 Å². The van der Waals surface area contributed by atoms with E-state index in [-0.39, 0.29) is 17.1 Å². The Morgan fingerprint density at radius 3 is 2.52 bits per heavy atom. The number of hydrogen-bond acceptors (Lipinski definition) is 6. The number of carbonyl (C=O) groups is 2. The zero-order valence-corrected chi connectivity index (χ0v) is 17.6. The van der Waals surface area contributed by atoms with Crippen LogP contribution in [0.5, 0.6) is 0 Å². The number of carbonyl (C=O) groups excluding carboxylic acids is 2. The lowest BCUT2D eigenvalue weighted by atomic mass is 10.2. The maximum absolute atomic E-state index is 12.3. The largest absolute Gasteiger partial charge is 0.465 e. The van der Waals surface area contributed by atoms with Crippen LogP contribution in [0, 0.1) is 0 Å². The molecule has 0 atom stereocenters. The van der Waals surface area contributed by atoms with Gasteiger partial charge < -0.3 is 9.30 Å². The van der Waals surface area contributed by atoms with Crippen molar-refractivity contribution in [1.29, 1.82) is 0 Å². The second-order valence-electron chi connectivity index (χ2n) is 6.19. The predicted molar refractivity (Wildman–Crippen MR) is 111 cm³/mol. The van der Waals surface area contributed by atoms with Crippen LogP contribution in [0.4, 0.5) is 0 Å². The molecule has 0 N–H and O–H groups in total. The van der Waals surface area contributed by atoms with Gasteiger partial charge in [0.1, 0.15) is 0 Å². The average Bonchev–Trinajstić information content (AvgIpc) is 3.08. The fourth-order valence-corrected chi connectivity index (χ4v) is 5.24. The van der Waals surface area contributed by atoms with Crippen LogP contribution < -0.4 is 4.80 Å². The highest BCUT2D eigenvalue weighted by molar-refractivity contribution is 7.91. The summed E-state index contributed by atoms with van der Waals surface area (Å²) in [5, 5.41) is 0. The first kappa shape index (κ1) is 20.9. The Labute approximate surface area is 172 Å². The molecule has 0 saturated heterocycles. The molecule has 0 aliphatic rings. The smallest absolute Gasteiger partial charge is 0.337 e. The second kappa shape index (κ2) is 8.71. The van der Waals surface area contributed by atoms with Gasteiger partial charge in [-0.1, -0.05) is 29.5 Å². The van der Waals surface area contributed by atoms with Crippen LogP contribution in [-0.2, 0) is 25.9 Å². The topological polar surface area (TPSA) is 94.8 Å². The summed E-state index contributed by atoms with van der Waals surface area (Å²) in [6.45, 7) is 2.50. The lowest BCUT2D eigenvalue weighted by molar-refractivity contribution is -0.117. The van der Waals surface area contributed by atoms with E-state index >= 15 is 0 Å². The van der Waals surface area contributed by atoms with E-state index in [1.54, 1.807) is 36.4 Å². The zero-order chi connectivity index (χ0) is 21.0. The van der Waals surface area contributed by atoms with Gasteiger partial charge in [0, 0.05) is 13.0 Å². The molecule has 0 fully saturated rings. The van der Waals surface area contributed by atoms with Crippen molar-refractivity contribution in [2.45, 2.75) is 24.8 Å². The number of amides is 1. The number of esters is 1. The van der Waals surface area contributed by atoms with Crippen LogP contribution in [0.15, 0.2) is 58.4 Å². The molecular weight excluding hydrogens is 412 g/mol. The number of thiazole rings is 1. The van der Waals surface area contributed by atoms with Crippen molar-refractivity contribution in [3.05, 3.63) is 58.9 Å². The lowest BCUT2D eigenvalue weighted by Crippen LogP contribution is -2.17. The van der Waals surface area contributed by atoms with E-state index in [1.807, 2.05) is 11.5 Å². The molecule has 0 spiro atoms. The number of aromatic nitrogens is 1. The van der Waals surface area contributed by atoms with Crippen LogP contribution in [0.25, 0.3) is 10.2 Å². The molecule has 1 amide bonds. The molecule has 9 heteroatoms. The summed E-state index contributed by atoms with van der Waals surface area (Å²) in [6.07, 6.45) is -0.206. The van der Waals surface area contributed by atoms with E-state index in [4.69, 9.17) is 4.74 Å². The molecule has 152 valence electrons. The van der Waals surface area contributed by atoms with Crippen LogP contribution >= 0.6 is 11.3 Å². The van der Waals surface area contributed by atoms with Crippen LogP contribution in [0.2, 0.25) is 0 Å². The molecule has 0 saturated carbocycles. The number of aryl methyl sites for hydroxylation is 1. The third-order valence-electron chi connectivity index (χ3n) is 4.33. The number of methoxy groups -OCH3 is 1. The van der Waals surface area contributed by atoms with Gasteiger partial charge >= 0.3 is 5.97 Å². The summed E-state index contributed by atoms with van der Waals surface area (Å²) < 4.78 is 32.1. The van der Waals surface area contributed by atoms with Gasteiger partial charge in [-0.05, 0) is 37.3 Å². The van der Waals surface area contributed by atoms with Gasteiger partial charge in [0.05, 0.1) is 33.5 Å². The first-order valence-electron chi connectivity index (χ1n) is 8.93. The summed E-state index contributed by atoms with van der Waals surface area (Å²) >= 11 is 1.27. The second-order valence-corrected chi connectivity index (χ2v) is 9.31. The van der Waals surface area contributed by atoms with E-state index in [9.17, 15) is 18.0 Å². The van der Waals surface area contributed by atoms with Crippen molar-refractivity contribution >= 4 is 43.3 Å². The summed E-state index contributed by atoms with van der Waals surface area (Å²) in [4.78, 5) is 28.9. The number of nitrogens with zero attached hydrogens (tertiary/aromatic N) is 2. The third kappa shape index (κ3) is 4.63. The van der Waals surface area contributed by atoms with E-state index in [0.29, 0.717) is 16.9 Å². The normalized spacial score (nSPS) is 12.3. The van der Waals surface area contributed by atoms with E-state index in [1.165, 1.54) is 30.6 Å². The average molecular weight is 433 g/mol. The quantitative estimate of drug-likeness (QED) is 0.558. The van der Waals surface area contributed by atoms with Crippen molar-refractivity contribution < 1.29 is 22.7 Å². The lowest BCUT2D eigenvalue weighted by Gasteiger charge is -2.03. The van der Waals surface area contributed by atoms with Gasteiger partial charge in [-0.3, -0.25) is 4.79 Å². The van der Waals surface area contributed by atoms with Crippen molar-refractivity contribution in [2.75, 3.05) is 12.9 Å². The molecule has 29 heavy (non-hydrogen) atoms. The molecule has 2 aromatic carbocycles. The molecule has 0 aliphatic carbocycles. The van der Waals surface area contributed by atoms with E-state index in [0.717, 1.165) is 10.2 Å². The molecular formula is C20H20N2O5S2. The minimum absolute atomic E-state index is 0.189. The van der Waals surface area contributed by atoms with Crippen LogP contribution in [0.1, 0.15) is 23.7 Å². The Bertz CT molecular complexity index is 1220. The van der Waals surface area contributed by atoms with Gasteiger partial charge in [0.25, 0.3) is 0 Å². The summed E-state index contributed by atoms with van der Waals surface area (Å²) in [5.41, 5.74) is 1.25. The molecule has 0 bridgehead atoms. The van der Waals surface area contributed by atoms with Gasteiger partial charge in [0.2, 0.25) is 5.91 Å². The van der Waals surface area contributed by atoms with Gasteiger partial charge in [-0.25, -0.2) is 13.2 Å². The molecule has 0 aliphatic heterocycles. The number of hydrogen-bond donors (Lipinski definition) is 0. The standard InChI is InChI=1S/C20H20N2O5S2/c1-3-22-16-10-9-14(19(24)27-2)13-17(16)28-20(22)21-18(23)11-12-29(25,26)15-7-5-4-6-8-15/h4-10,13H,3,11-12H2,1-2H3. The summed E-state index contributed by atoms with van der Waals surface area (Å²) in [5.74, 6) is -1.25. The first-order chi connectivity index (χ1) is 13.9. The summed E-state index contributed by atoms with van der Waals surface area (Å²) in [7, 11) is -2.23. The fourth-order valence-electron chi connectivity index (χ4n) is 2.84. The van der Waals surface area contributed by atoms with Crippen LogP contribution in [0.3, 0.4) is 0 Å². The molecule has 7 nitrogen and oxygen atoms in total. The first-order valence-corrected chi connectivity index (χ1v) is 11.4. The minimum Gasteiger partial charge on any atom is -0.465 e. The molecule has 0 unspecified atom stereocenters. The number of rotatable bonds is 6.